The predicted octanol–water partition coefficient (Wildman–Crippen LogP) is 6.51. The molecule has 0 N–H and O–H groups in total. The first-order chi connectivity index (χ1) is 17.4. The van der Waals surface area contributed by atoms with Crippen LogP contribution in [0.15, 0.2) is 35.5 Å². The maximum absolute atomic E-state index is 13.4. The quantitative estimate of drug-likeness (QED) is 0.255. The summed E-state index contributed by atoms with van der Waals surface area (Å²) in [4.78, 5) is 33.3. The van der Waals surface area contributed by atoms with E-state index in [9.17, 15) is 9.59 Å². The standard InChI is InChI=1S/C29H39ClN2O4/c1-4-13-24-15-10-7-5-6-9-14-23(31-35-20-26(33)32-16-11-8-12-17-32)19-25-27(29(34)36-24)21(2)18-22(3)28(25)30/h7,9-10,14,18,24H,4-6,8,11-13,15-17,19-20H2,1-3H3/b10-7+,14-9+,31-23+. The predicted molar refractivity (Wildman–Crippen MR) is 145 cm³/mol. The molecule has 1 aromatic carbocycles. The number of aryl methyl sites for hydroxylation is 2. The maximum Gasteiger partial charge on any atom is 0.339 e. The highest BCUT2D eigenvalue weighted by molar-refractivity contribution is 6.33. The lowest BCUT2D eigenvalue weighted by atomic mass is 9.94. The molecule has 0 saturated carbocycles. The zero-order valence-electron chi connectivity index (χ0n) is 21.9. The molecule has 7 heteroatoms. The number of amides is 1. The first kappa shape index (κ1) is 28.0. The van der Waals surface area contributed by atoms with Crippen LogP contribution in [0.1, 0.15) is 85.3 Å². The highest BCUT2D eigenvalue weighted by Gasteiger charge is 2.24. The van der Waals surface area contributed by atoms with Crippen molar-refractivity contribution in [1.29, 1.82) is 0 Å². The fourth-order valence-corrected chi connectivity index (χ4v) is 4.95. The molecule has 1 saturated heterocycles. The number of allylic oxidation sites excluding steroid dienone is 3. The molecule has 0 aromatic heterocycles. The SMILES string of the molecule is CCCC1C/C=C/CC/C=C/C(=N\OCC(=O)N2CCCCC2)Cc2c(Cl)c(C)cc(C)c2C(=O)O1. The molecule has 196 valence electrons. The molecule has 0 bridgehead atoms. The van der Waals surface area contributed by atoms with E-state index >= 15 is 0 Å². The van der Waals surface area contributed by atoms with Crippen LogP contribution in [0.4, 0.5) is 0 Å². The van der Waals surface area contributed by atoms with E-state index in [2.05, 4.69) is 24.2 Å². The molecule has 1 fully saturated rings. The lowest BCUT2D eigenvalue weighted by Gasteiger charge is -2.26. The first-order valence-corrected chi connectivity index (χ1v) is 13.6. The molecule has 1 amide bonds. The molecular formula is C29H39ClN2O4. The Hall–Kier alpha value is -2.60. The van der Waals surface area contributed by atoms with Crippen molar-refractivity contribution in [2.45, 2.75) is 84.7 Å². The van der Waals surface area contributed by atoms with E-state index in [-0.39, 0.29) is 24.6 Å². The van der Waals surface area contributed by atoms with Gasteiger partial charge in [0.05, 0.1) is 11.3 Å². The molecule has 2 aliphatic heterocycles. The van der Waals surface area contributed by atoms with Gasteiger partial charge in [-0.2, -0.15) is 0 Å². The van der Waals surface area contributed by atoms with Gasteiger partial charge in [0.2, 0.25) is 0 Å². The third-order valence-corrected chi connectivity index (χ3v) is 7.17. The second kappa shape index (κ2) is 14.2. The van der Waals surface area contributed by atoms with Crippen LogP contribution in [0, 0.1) is 13.8 Å². The molecular weight excluding hydrogens is 476 g/mol. The van der Waals surface area contributed by atoms with Crippen molar-refractivity contribution in [1.82, 2.24) is 4.90 Å². The van der Waals surface area contributed by atoms with Crippen molar-refractivity contribution >= 4 is 29.2 Å². The minimum absolute atomic E-state index is 0.0512. The number of carbonyl (C=O) groups is 2. The van der Waals surface area contributed by atoms with Crippen LogP contribution in [0.25, 0.3) is 0 Å². The lowest BCUT2D eigenvalue weighted by Crippen LogP contribution is -2.37. The Morgan fingerprint density at radius 2 is 1.89 bits per heavy atom. The summed E-state index contributed by atoms with van der Waals surface area (Å²) in [7, 11) is 0. The lowest BCUT2D eigenvalue weighted by molar-refractivity contribution is -0.137. The third-order valence-electron chi connectivity index (χ3n) is 6.64. The normalized spacial score (nSPS) is 22.3. The Bertz CT molecular complexity index is 1010. The molecule has 2 aliphatic rings. The van der Waals surface area contributed by atoms with Gasteiger partial charge in [0.25, 0.3) is 5.91 Å². The Labute approximate surface area is 220 Å². The van der Waals surface area contributed by atoms with E-state index in [0.717, 1.165) is 69.2 Å². The average molecular weight is 515 g/mol. The second-order valence-electron chi connectivity index (χ2n) is 9.66. The zero-order chi connectivity index (χ0) is 25.9. The van der Waals surface area contributed by atoms with E-state index in [1.54, 1.807) is 0 Å². The number of carbonyl (C=O) groups excluding carboxylic acids is 2. The van der Waals surface area contributed by atoms with Gasteiger partial charge in [-0.3, -0.25) is 4.79 Å². The van der Waals surface area contributed by atoms with E-state index < -0.39 is 0 Å². The number of nitrogens with zero attached hydrogens (tertiary/aromatic N) is 2. The number of cyclic esters (lactones) is 1. The number of hydrogen-bond acceptors (Lipinski definition) is 5. The Morgan fingerprint density at radius 3 is 2.64 bits per heavy atom. The summed E-state index contributed by atoms with van der Waals surface area (Å²) in [5.74, 6) is -0.414. The van der Waals surface area contributed by atoms with E-state index in [0.29, 0.717) is 34.7 Å². The Morgan fingerprint density at radius 1 is 1.14 bits per heavy atom. The number of halogens is 1. The molecule has 1 aromatic rings. The molecule has 6 nitrogen and oxygen atoms in total. The van der Waals surface area contributed by atoms with Gasteiger partial charge in [-0.15, -0.1) is 0 Å². The maximum atomic E-state index is 13.4. The van der Waals surface area contributed by atoms with Gasteiger partial charge in [0.1, 0.15) is 6.10 Å². The summed E-state index contributed by atoms with van der Waals surface area (Å²) >= 11 is 6.75. The van der Waals surface area contributed by atoms with E-state index in [1.807, 2.05) is 37.0 Å². The fourth-order valence-electron chi connectivity index (χ4n) is 4.74. The van der Waals surface area contributed by atoms with Gasteiger partial charge in [-0.25, -0.2) is 4.79 Å². The topological polar surface area (TPSA) is 68.2 Å². The summed E-state index contributed by atoms with van der Waals surface area (Å²) in [6, 6.07) is 1.92. The Balaban J connectivity index is 1.90. The van der Waals surface area contributed by atoms with Gasteiger partial charge < -0.3 is 14.5 Å². The summed E-state index contributed by atoms with van der Waals surface area (Å²) < 4.78 is 5.96. The third kappa shape index (κ3) is 7.95. The number of esters is 1. The summed E-state index contributed by atoms with van der Waals surface area (Å²) in [5.41, 5.74) is 3.47. The van der Waals surface area contributed by atoms with Crippen molar-refractivity contribution < 1.29 is 19.2 Å². The fraction of sp³-hybridized carbons (Fsp3) is 0.552. The number of ether oxygens (including phenoxy) is 1. The molecule has 0 spiro atoms. The number of oxime groups is 1. The van der Waals surface area contributed by atoms with Crippen molar-refractivity contribution in [3.63, 3.8) is 0 Å². The number of likely N-dealkylation sites (tertiary alicyclic amines) is 1. The van der Waals surface area contributed by atoms with E-state index in [4.69, 9.17) is 21.2 Å². The summed E-state index contributed by atoms with van der Waals surface area (Å²) in [6.07, 6.45) is 15.6. The van der Waals surface area contributed by atoms with Crippen LogP contribution < -0.4 is 0 Å². The van der Waals surface area contributed by atoms with Crippen LogP contribution >= 0.6 is 11.6 Å². The van der Waals surface area contributed by atoms with Crippen LogP contribution in [-0.4, -0.2) is 48.3 Å². The van der Waals surface area contributed by atoms with E-state index in [1.165, 1.54) is 0 Å². The number of benzene rings is 1. The first-order valence-electron chi connectivity index (χ1n) is 13.2. The smallest absolute Gasteiger partial charge is 0.339 e. The molecule has 36 heavy (non-hydrogen) atoms. The zero-order valence-corrected chi connectivity index (χ0v) is 22.6. The van der Waals surface area contributed by atoms with Crippen molar-refractivity contribution in [2.75, 3.05) is 19.7 Å². The van der Waals surface area contributed by atoms with Crippen molar-refractivity contribution in [3.8, 4) is 0 Å². The minimum Gasteiger partial charge on any atom is -0.458 e. The largest absolute Gasteiger partial charge is 0.458 e. The summed E-state index contributed by atoms with van der Waals surface area (Å²) in [6.45, 7) is 7.36. The molecule has 2 heterocycles. The molecule has 0 aliphatic carbocycles. The van der Waals surface area contributed by atoms with Gasteiger partial charge in [0, 0.05) is 31.0 Å². The molecule has 3 rings (SSSR count). The van der Waals surface area contributed by atoms with Gasteiger partial charge in [-0.1, -0.05) is 54.4 Å². The number of fused-ring (bicyclic) bond motifs is 1. The summed E-state index contributed by atoms with van der Waals surface area (Å²) in [5, 5.41) is 4.84. The highest BCUT2D eigenvalue weighted by Crippen LogP contribution is 2.30. The van der Waals surface area contributed by atoms with Crippen molar-refractivity contribution in [3.05, 3.63) is 57.6 Å². The molecule has 0 radical (unpaired) electrons. The van der Waals surface area contributed by atoms with Crippen LogP contribution in [0.5, 0.6) is 0 Å². The van der Waals surface area contributed by atoms with Crippen molar-refractivity contribution in [2.24, 2.45) is 5.16 Å². The molecule has 1 unspecified atom stereocenters. The van der Waals surface area contributed by atoms with Crippen LogP contribution in [-0.2, 0) is 20.8 Å². The van der Waals surface area contributed by atoms with Gasteiger partial charge in [-0.05, 0) is 75.1 Å². The monoisotopic (exact) mass is 514 g/mol. The Kier molecular flexibility index (Phi) is 11.1. The minimum atomic E-state index is -0.363. The average Bonchev–Trinajstić information content (AvgIpc) is 2.86. The number of rotatable bonds is 5. The highest BCUT2D eigenvalue weighted by atomic mass is 35.5. The van der Waals surface area contributed by atoms with Crippen LogP contribution in [0.2, 0.25) is 5.02 Å². The van der Waals surface area contributed by atoms with Gasteiger partial charge in [0.15, 0.2) is 6.61 Å². The molecule has 1 atom stereocenters. The van der Waals surface area contributed by atoms with Crippen LogP contribution in [0.3, 0.4) is 0 Å². The second-order valence-corrected chi connectivity index (χ2v) is 10.0. The number of hydrogen-bond donors (Lipinski definition) is 0. The van der Waals surface area contributed by atoms with Gasteiger partial charge >= 0.3 is 5.97 Å². The number of piperidine rings is 1.